The molecule has 0 aliphatic rings. The Balaban J connectivity index is 2.39. The summed E-state index contributed by atoms with van der Waals surface area (Å²) in [7, 11) is 0. The molecule has 0 bridgehead atoms. The fourth-order valence-corrected chi connectivity index (χ4v) is 2.91. The van der Waals surface area contributed by atoms with Gasteiger partial charge in [0.05, 0.1) is 9.77 Å². The molecule has 1 aromatic heterocycles. The number of aryl methyl sites for hydroxylation is 1. The van der Waals surface area contributed by atoms with Gasteiger partial charge in [-0.3, -0.25) is 0 Å². The third kappa shape index (κ3) is 2.66. The van der Waals surface area contributed by atoms with Crippen LogP contribution in [0.15, 0.2) is 34.5 Å². The van der Waals surface area contributed by atoms with E-state index in [1.165, 1.54) is 23.5 Å². The molecule has 0 radical (unpaired) electrons. The second kappa shape index (κ2) is 4.38. The molecule has 0 spiro atoms. The summed E-state index contributed by atoms with van der Waals surface area (Å²) in [5.41, 5.74) is 1.10. The van der Waals surface area contributed by atoms with Gasteiger partial charge in [-0.25, -0.2) is 0 Å². The van der Waals surface area contributed by atoms with Crippen molar-refractivity contribution in [2.45, 2.75) is 17.3 Å². The van der Waals surface area contributed by atoms with E-state index in [4.69, 9.17) is 0 Å². The van der Waals surface area contributed by atoms with Gasteiger partial charge in [0.15, 0.2) is 0 Å². The van der Waals surface area contributed by atoms with E-state index in [-0.39, 0.29) is 0 Å². The fraction of sp³-hybridized carbons (Fsp3) is 0.167. The van der Waals surface area contributed by atoms with E-state index in [1.807, 2.05) is 13.0 Å². The maximum atomic E-state index is 12.4. The minimum Gasteiger partial charge on any atom is -0.166 e. The quantitative estimate of drug-likeness (QED) is 0.693. The molecular formula is C12H9F3S2. The number of alkyl halides is 3. The van der Waals surface area contributed by atoms with E-state index in [1.54, 1.807) is 0 Å². The lowest BCUT2D eigenvalue weighted by Gasteiger charge is -2.07. The molecule has 2 rings (SSSR count). The molecule has 0 amide bonds. The van der Waals surface area contributed by atoms with Crippen LogP contribution in [-0.2, 0) is 6.18 Å². The summed E-state index contributed by atoms with van der Waals surface area (Å²) in [4.78, 5) is 1.05. The van der Waals surface area contributed by atoms with Crippen molar-refractivity contribution in [3.63, 3.8) is 0 Å². The van der Waals surface area contributed by atoms with Gasteiger partial charge in [0.2, 0.25) is 0 Å². The third-order valence-corrected chi connectivity index (χ3v) is 3.68. The topological polar surface area (TPSA) is 0 Å². The van der Waals surface area contributed by atoms with Crippen LogP contribution in [0.4, 0.5) is 13.2 Å². The highest BCUT2D eigenvalue weighted by Gasteiger charge is 2.30. The molecule has 0 saturated carbocycles. The molecule has 1 aromatic carbocycles. The molecule has 1 heterocycles. The molecule has 90 valence electrons. The van der Waals surface area contributed by atoms with Crippen LogP contribution in [-0.4, -0.2) is 0 Å². The standard InChI is InChI=1S/C12H9F3S2/c1-7-10(6-11(16)17-7)8-2-4-9(5-3-8)12(13,14)15/h2-6,16H,1H3. The number of hydrogen-bond acceptors (Lipinski definition) is 2. The Bertz CT molecular complexity index is 524. The Labute approximate surface area is 107 Å². The van der Waals surface area contributed by atoms with Crippen LogP contribution in [0.25, 0.3) is 11.1 Å². The first-order valence-corrected chi connectivity index (χ1v) is 6.11. The van der Waals surface area contributed by atoms with Crippen LogP contribution < -0.4 is 0 Å². The smallest absolute Gasteiger partial charge is 0.166 e. The Morgan fingerprint density at radius 2 is 1.71 bits per heavy atom. The molecule has 0 fully saturated rings. The lowest BCUT2D eigenvalue weighted by atomic mass is 10.0. The van der Waals surface area contributed by atoms with Crippen molar-refractivity contribution in [1.29, 1.82) is 0 Å². The van der Waals surface area contributed by atoms with E-state index in [0.29, 0.717) is 0 Å². The zero-order valence-corrected chi connectivity index (χ0v) is 10.6. The predicted molar refractivity (Wildman–Crippen MR) is 66.7 cm³/mol. The molecule has 0 nitrogen and oxygen atoms in total. The van der Waals surface area contributed by atoms with Crippen molar-refractivity contribution in [3.8, 4) is 11.1 Å². The molecule has 17 heavy (non-hydrogen) atoms. The number of rotatable bonds is 1. The SMILES string of the molecule is Cc1sc(S)cc1-c1ccc(C(F)(F)F)cc1. The van der Waals surface area contributed by atoms with Crippen molar-refractivity contribution >= 4 is 24.0 Å². The zero-order valence-electron chi connectivity index (χ0n) is 8.88. The van der Waals surface area contributed by atoms with Gasteiger partial charge in [0.1, 0.15) is 0 Å². The van der Waals surface area contributed by atoms with Crippen molar-refractivity contribution < 1.29 is 13.2 Å². The maximum absolute atomic E-state index is 12.4. The molecule has 5 heteroatoms. The molecule has 0 aliphatic heterocycles. The van der Waals surface area contributed by atoms with Gasteiger partial charge in [0, 0.05) is 4.88 Å². The number of hydrogen-bond donors (Lipinski definition) is 1. The number of halogens is 3. The second-order valence-electron chi connectivity index (χ2n) is 3.63. The van der Waals surface area contributed by atoms with Crippen LogP contribution in [0.5, 0.6) is 0 Å². The zero-order chi connectivity index (χ0) is 12.6. The molecule has 0 unspecified atom stereocenters. The van der Waals surface area contributed by atoms with Crippen LogP contribution in [0.3, 0.4) is 0 Å². The van der Waals surface area contributed by atoms with Gasteiger partial charge >= 0.3 is 6.18 Å². The van der Waals surface area contributed by atoms with E-state index < -0.39 is 11.7 Å². The van der Waals surface area contributed by atoms with Crippen molar-refractivity contribution in [1.82, 2.24) is 0 Å². The average molecular weight is 274 g/mol. The van der Waals surface area contributed by atoms with E-state index >= 15 is 0 Å². The Morgan fingerprint density at radius 3 is 2.12 bits per heavy atom. The molecule has 0 aliphatic carbocycles. The second-order valence-corrected chi connectivity index (χ2v) is 5.67. The van der Waals surface area contributed by atoms with Gasteiger partial charge in [-0.2, -0.15) is 13.2 Å². The summed E-state index contributed by atoms with van der Waals surface area (Å²) in [6.45, 7) is 1.93. The fourth-order valence-electron chi connectivity index (χ4n) is 1.59. The normalized spacial score (nSPS) is 11.8. The molecule has 0 N–H and O–H groups in total. The van der Waals surface area contributed by atoms with Gasteiger partial charge in [-0.1, -0.05) is 12.1 Å². The highest BCUT2D eigenvalue weighted by Crippen LogP contribution is 2.35. The van der Waals surface area contributed by atoms with Gasteiger partial charge in [0.25, 0.3) is 0 Å². The van der Waals surface area contributed by atoms with Crippen molar-refractivity contribution in [2.24, 2.45) is 0 Å². The van der Waals surface area contributed by atoms with Gasteiger partial charge in [-0.15, -0.1) is 24.0 Å². The average Bonchev–Trinajstić information content (AvgIpc) is 2.57. The van der Waals surface area contributed by atoms with Crippen LogP contribution in [0.1, 0.15) is 10.4 Å². The summed E-state index contributed by atoms with van der Waals surface area (Å²) >= 11 is 5.75. The minimum absolute atomic E-state index is 0.625. The number of benzene rings is 1. The monoisotopic (exact) mass is 274 g/mol. The van der Waals surface area contributed by atoms with Gasteiger partial charge < -0.3 is 0 Å². The Kier molecular flexibility index (Phi) is 3.23. The summed E-state index contributed by atoms with van der Waals surface area (Å²) in [6, 6.07) is 7.05. The first kappa shape index (κ1) is 12.5. The predicted octanol–water partition coefficient (Wildman–Crippen LogP) is 5.03. The Morgan fingerprint density at radius 1 is 1.12 bits per heavy atom. The van der Waals surface area contributed by atoms with Gasteiger partial charge in [-0.05, 0) is 36.2 Å². The minimum atomic E-state index is -4.28. The van der Waals surface area contributed by atoms with E-state index in [9.17, 15) is 13.2 Å². The van der Waals surface area contributed by atoms with Crippen molar-refractivity contribution in [3.05, 3.63) is 40.8 Å². The molecule has 0 saturated heterocycles. The first-order chi connectivity index (χ1) is 7.88. The van der Waals surface area contributed by atoms with E-state index in [2.05, 4.69) is 12.6 Å². The number of thiophene rings is 1. The lowest BCUT2D eigenvalue weighted by molar-refractivity contribution is -0.137. The summed E-state index contributed by atoms with van der Waals surface area (Å²) < 4.78 is 38.0. The number of thiol groups is 1. The van der Waals surface area contributed by atoms with Crippen LogP contribution in [0, 0.1) is 6.92 Å². The largest absolute Gasteiger partial charge is 0.416 e. The summed E-state index contributed by atoms with van der Waals surface area (Å²) in [5.74, 6) is 0. The Hall–Kier alpha value is -0.940. The molecule has 0 atom stereocenters. The van der Waals surface area contributed by atoms with Crippen LogP contribution >= 0.6 is 24.0 Å². The maximum Gasteiger partial charge on any atom is 0.416 e. The summed E-state index contributed by atoms with van der Waals surface area (Å²) in [6.07, 6.45) is -4.28. The molecular weight excluding hydrogens is 265 g/mol. The third-order valence-electron chi connectivity index (χ3n) is 2.43. The highest BCUT2D eigenvalue weighted by atomic mass is 32.2. The van der Waals surface area contributed by atoms with Crippen molar-refractivity contribution in [2.75, 3.05) is 0 Å². The molecule has 2 aromatic rings. The first-order valence-electron chi connectivity index (χ1n) is 4.85. The highest BCUT2D eigenvalue weighted by molar-refractivity contribution is 7.82. The summed E-state index contributed by atoms with van der Waals surface area (Å²) in [5, 5.41) is 0. The van der Waals surface area contributed by atoms with Crippen LogP contribution in [0.2, 0.25) is 0 Å². The van der Waals surface area contributed by atoms with E-state index in [0.717, 1.165) is 32.3 Å². The lowest BCUT2D eigenvalue weighted by Crippen LogP contribution is -2.03.